The number of aryl methyl sites for hydroxylation is 2. The van der Waals surface area contributed by atoms with Crippen molar-refractivity contribution < 1.29 is 9.59 Å². The molecule has 1 aliphatic heterocycles. The zero-order valence-electron chi connectivity index (χ0n) is 17.6. The molecule has 5 rings (SSSR count). The molecule has 2 aliphatic rings. The Hall–Kier alpha value is -3.67. The van der Waals surface area contributed by atoms with Crippen LogP contribution in [0.5, 0.6) is 0 Å². The molecule has 6 nitrogen and oxygen atoms in total. The van der Waals surface area contributed by atoms with Gasteiger partial charge in [0.05, 0.1) is 6.20 Å². The number of nitrogens with one attached hydrogen (secondary N) is 2. The molecule has 0 saturated heterocycles. The van der Waals surface area contributed by atoms with Crippen LogP contribution in [-0.4, -0.2) is 21.5 Å². The standard InChI is InChI=1S/C25H24N4O2/c1-15-6-10-17(11-7-15)23-22-20(4-3-5-21(22)30)28-24-19(14-26-29(23)24)25(31)27-18-12-8-16(2)9-13-18/h6-14,23,28H,3-5H2,1-2H3,(H,27,31)/t23-/m0/s1. The van der Waals surface area contributed by atoms with E-state index in [2.05, 4.69) is 15.7 Å². The lowest BCUT2D eigenvalue weighted by Gasteiger charge is -2.33. The third-order valence-corrected chi connectivity index (χ3v) is 5.99. The number of amides is 1. The summed E-state index contributed by atoms with van der Waals surface area (Å²) in [5, 5.41) is 10.9. The number of rotatable bonds is 3. The third-order valence-electron chi connectivity index (χ3n) is 5.99. The summed E-state index contributed by atoms with van der Waals surface area (Å²) in [6, 6.07) is 15.5. The van der Waals surface area contributed by atoms with Gasteiger partial charge in [0, 0.05) is 23.4 Å². The molecule has 1 atom stereocenters. The molecule has 0 bridgehead atoms. The van der Waals surface area contributed by atoms with E-state index in [-0.39, 0.29) is 17.7 Å². The molecule has 2 aromatic carbocycles. The van der Waals surface area contributed by atoms with Crippen LogP contribution >= 0.6 is 0 Å². The van der Waals surface area contributed by atoms with E-state index in [0.29, 0.717) is 17.8 Å². The number of hydrogen-bond acceptors (Lipinski definition) is 4. The highest BCUT2D eigenvalue weighted by atomic mass is 16.1. The molecular formula is C25H24N4O2. The van der Waals surface area contributed by atoms with Crippen molar-refractivity contribution in [2.24, 2.45) is 0 Å². The number of carbonyl (C=O) groups is 2. The van der Waals surface area contributed by atoms with Gasteiger partial charge in [-0.05, 0) is 44.4 Å². The Morgan fingerprint density at radius 1 is 1.03 bits per heavy atom. The monoisotopic (exact) mass is 412 g/mol. The number of ketones is 1. The zero-order valence-corrected chi connectivity index (χ0v) is 17.6. The number of aromatic nitrogens is 2. The minimum Gasteiger partial charge on any atom is -0.343 e. The summed E-state index contributed by atoms with van der Waals surface area (Å²) >= 11 is 0. The van der Waals surface area contributed by atoms with Crippen LogP contribution in [0.2, 0.25) is 0 Å². The van der Waals surface area contributed by atoms with E-state index >= 15 is 0 Å². The molecule has 31 heavy (non-hydrogen) atoms. The molecule has 2 heterocycles. The summed E-state index contributed by atoms with van der Waals surface area (Å²) in [4.78, 5) is 25.9. The maximum absolute atomic E-state index is 13.1. The quantitative estimate of drug-likeness (QED) is 0.649. The van der Waals surface area contributed by atoms with E-state index in [1.54, 1.807) is 10.9 Å². The smallest absolute Gasteiger partial charge is 0.261 e. The van der Waals surface area contributed by atoms with E-state index in [0.717, 1.165) is 46.5 Å². The molecule has 1 aromatic heterocycles. The Balaban J connectivity index is 1.56. The SMILES string of the molecule is Cc1ccc(NC(=O)c2cnn3c2NC2=C(C(=O)CCC2)[C@@H]3c2ccc(C)cc2)cc1. The fraction of sp³-hybridized carbons (Fsp3) is 0.240. The van der Waals surface area contributed by atoms with E-state index in [9.17, 15) is 9.59 Å². The topological polar surface area (TPSA) is 76.0 Å². The maximum Gasteiger partial charge on any atom is 0.261 e. The van der Waals surface area contributed by atoms with Gasteiger partial charge in [-0.15, -0.1) is 0 Å². The Morgan fingerprint density at radius 2 is 1.71 bits per heavy atom. The summed E-state index contributed by atoms with van der Waals surface area (Å²) < 4.78 is 1.77. The Bertz CT molecular complexity index is 1200. The Kier molecular flexibility index (Phi) is 4.70. The Morgan fingerprint density at radius 3 is 2.42 bits per heavy atom. The predicted molar refractivity (Wildman–Crippen MR) is 120 cm³/mol. The van der Waals surface area contributed by atoms with Crippen molar-refractivity contribution in [3.05, 3.63) is 88.3 Å². The molecule has 156 valence electrons. The number of benzene rings is 2. The lowest BCUT2D eigenvalue weighted by molar-refractivity contribution is -0.116. The first-order chi connectivity index (χ1) is 15.0. The van der Waals surface area contributed by atoms with Gasteiger partial charge in [0.15, 0.2) is 5.78 Å². The van der Waals surface area contributed by atoms with E-state index in [1.165, 1.54) is 0 Å². The van der Waals surface area contributed by atoms with Crippen LogP contribution in [0.15, 0.2) is 66.0 Å². The van der Waals surface area contributed by atoms with Crippen LogP contribution in [0.1, 0.15) is 52.4 Å². The summed E-state index contributed by atoms with van der Waals surface area (Å²) in [7, 11) is 0. The third kappa shape index (κ3) is 3.44. The molecule has 0 fully saturated rings. The van der Waals surface area contributed by atoms with Crippen LogP contribution in [0, 0.1) is 13.8 Å². The molecule has 0 unspecified atom stereocenters. The van der Waals surface area contributed by atoms with Crippen molar-refractivity contribution in [2.75, 3.05) is 10.6 Å². The molecule has 6 heteroatoms. The molecule has 0 radical (unpaired) electrons. The second kappa shape index (κ2) is 7.54. The fourth-order valence-corrected chi connectivity index (χ4v) is 4.32. The first-order valence-corrected chi connectivity index (χ1v) is 10.6. The fourth-order valence-electron chi connectivity index (χ4n) is 4.32. The average Bonchev–Trinajstić information content (AvgIpc) is 3.18. The molecule has 0 saturated carbocycles. The van der Waals surface area contributed by atoms with Crippen LogP contribution in [-0.2, 0) is 4.79 Å². The lowest BCUT2D eigenvalue weighted by Crippen LogP contribution is -2.32. The number of nitrogens with zero attached hydrogens (tertiary/aromatic N) is 2. The van der Waals surface area contributed by atoms with Gasteiger partial charge in [0.1, 0.15) is 17.4 Å². The van der Waals surface area contributed by atoms with Gasteiger partial charge in [-0.3, -0.25) is 9.59 Å². The van der Waals surface area contributed by atoms with E-state index in [4.69, 9.17) is 0 Å². The number of Topliss-reactive ketones (excluding diaryl/α,β-unsaturated/α-hetero) is 1. The summed E-state index contributed by atoms with van der Waals surface area (Å²) in [6.45, 7) is 4.04. The second-order valence-corrected chi connectivity index (χ2v) is 8.28. The Labute approximate surface area is 181 Å². The van der Waals surface area contributed by atoms with Crippen molar-refractivity contribution >= 4 is 23.2 Å². The van der Waals surface area contributed by atoms with Crippen LogP contribution < -0.4 is 10.6 Å². The molecule has 0 spiro atoms. The molecule has 1 aliphatic carbocycles. The van der Waals surface area contributed by atoms with Gasteiger partial charge in [-0.25, -0.2) is 4.68 Å². The highest BCUT2D eigenvalue weighted by Crippen LogP contribution is 2.41. The van der Waals surface area contributed by atoms with Gasteiger partial charge in [0.2, 0.25) is 0 Å². The largest absolute Gasteiger partial charge is 0.343 e. The van der Waals surface area contributed by atoms with Crippen LogP contribution in [0.25, 0.3) is 0 Å². The van der Waals surface area contributed by atoms with Gasteiger partial charge in [-0.2, -0.15) is 5.10 Å². The first kappa shape index (κ1) is 19.3. The van der Waals surface area contributed by atoms with E-state index < -0.39 is 0 Å². The molecule has 3 aromatic rings. The normalized spacial score (nSPS) is 17.6. The van der Waals surface area contributed by atoms with Crippen LogP contribution in [0.3, 0.4) is 0 Å². The first-order valence-electron chi connectivity index (χ1n) is 10.6. The van der Waals surface area contributed by atoms with Gasteiger partial charge in [-0.1, -0.05) is 47.5 Å². The van der Waals surface area contributed by atoms with Crippen molar-refractivity contribution in [1.82, 2.24) is 9.78 Å². The van der Waals surface area contributed by atoms with Crippen molar-refractivity contribution in [2.45, 2.75) is 39.2 Å². The van der Waals surface area contributed by atoms with Crippen molar-refractivity contribution in [1.29, 1.82) is 0 Å². The number of allylic oxidation sites excluding steroid dienone is 2. The molecule has 1 amide bonds. The minimum absolute atomic E-state index is 0.145. The number of fused-ring (bicyclic) bond motifs is 1. The minimum atomic E-state index is -0.333. The predicted octanol–water partition coefficient (Wildman–Crippen LogP) is 4.77. The summed E-state index contributed by atoms with van der Waals surface area (Å²) in [6.07, 6.45) is 3.72. The number of carbonyl (C=O) groups excluding carboxylic acids is 2. The molecular weight excluding hydrogens is 388 g/mol. The number of hydrogen-bond donors (Lipinski definition) is 2. The van der Waals surface area contributed by atoms with Crippen molar-refractivity contribution in [3.63, 3.8) is 0 Å². The average molecular weight is 412 g/mol. The van der Waals surface area contributed by atoms with Gasteiger partial charge in [0.25, 0.3) is 5.91 Å². The number of anilines is 2. The maximum atomic E-state index is 13.1. The second-order valence-electron chi connectivity index (χ2n) is 8.28. The summed E-state index contributed by atoms with van der Waals surface area (Å²) in [5.41, 5.74) is 6.13. The highest BCUT2D eigenvalue weighted by Gasteiger charge is 2.37. The zero-order chi connectivity index (χ0) is 21.5. The molecule has 2 N–H and O–H groups in total. The van der Waals surface area contributed by atoms with Gasteiger partial charge >= 0.3 is 0 Å². The van der Waals surface area contributed by atoms with Crippen LogP contribution in [0.4, 0.5) is 11.5 Å². The highest BCUT2D eigenvalue weighted by molar-refractivity contribution is 6.08. The van der Waals surface area contributed by atoms with E-state index in [1.807, 2.05) is 62.4 Å². The van der Waals surface area contributed by atoms with Crippen molar-refractivity contribution in [3.8, 4) is 0 Å². The van der Waals surface area contributed by atoms with Gasteiger partial charge < -0.3 is 10.6 Å². The lowest BCUT2D eigenvalue weighted by atomic mass is 9.85. The summed E-state index contributed by atoms with van der Waals surface area (Å²) in [5.74, 6) is 0.543.